The molecule has 0 spiro atoms. The van der Waals surface area contributed by atoms with Crippen molar-refractivity contribution in [1.29, 1.82) is 0 Å². The Labute approximate surface area is 160 Å². The number of amides is 1. The Morgan fingerprint density at radius 1 is 1.11 bits per heavy atom. The molecule has 1 aliphatic carbocycles. The van der Waals surface area contributed by atoms with Crippen LogP contribution in [0.25, 0.3) is 16.3 Å². The smallest absolute Gasteiger partial charge is 0.311 e. The summed E-state index contributed by atoms with van der Waals surface area (Å²) < 4.78 is 5.18. The van der Waals surface area contributed by atoms with E-state index < -0.39 is 0 Å². The van der Waals surface area contributed by atoms with Crippen LogP contribution < -0.4 is 5.32 Å². The van der Waals surface area contributed by atoms with E-state index in [9.17, 15) is 9.59 Å². The molecule has 0 radical (unpaired) electrons. The molecule has 0 saturated heterocycles. The number of ether oxygens (including phenoxy) is 1. The highest BCUT2D eigenvalue weighted by Gasteiger charge is 2.32. The molecule has 0 heterocycles. The predicted molar refractivity (Wildman–Crippen MR) is 108 cm³/mol. The number of carbonyl (C=O) groups excluding carboxylic acids is 2. The lowest BCUT2D eigenvalue weighted by molar-refractivity contribution is -0.150. The van der Waals surface area contributed by atoms with Crippen molar-refractivity contribution >= 4 is 28.2 Å². The first-order chi connectivity index (χ1) is 13.1. The molecule has 0 bridgehead atoms. The fraction of sp³-hybridized carbons (Fsp3) is 0.391. The molecule has 1 amide bonds. The molecule has 2 atom stereocenters. The summed E-state index contributed by atoms with van der Waals surface area (Å²) in [7, 11) is 0. The number of carbonyl (C=O) groups is 2. The molecule has 0 unspecified atom stereocenters. The van der Waals surface area contributed by atoms with Gasteiger partial charge in [0.15, 0.2) is 0 Å². The van der Waals surface area contributed by atoms with E-state index in [2.05, 4.69) is 29.6 Å². The van der Waals surface area contributed by atoms with E-state index in [0.717, 1.165) is 42.2 Å². The normalized spacial score (nSPS) is 20.3. The second-order valence-electron chi connectivity index (χ2n) is 7.15. The van der Waals surface area contributed by atoms with Crippen LogP contribution in [-0.4, -0.2) is 24.5 Å². The van der Waals surface area contributed by atoms with Gasteiger partial charge in [-0.05, 0) is 54.7 Å². The average Bonchev–Trinajstić information content (AvgIpc) is 2.68. The van der Waals surface area contributed by atoms with Crippen LogP contribution in [0, 0.1) is 5.92 Å². The van der Waals surface area contributed by atoms with Crippen molar-refractivity contribution < 1.29 is 14.3 Å². The molecular formula is C23H27NO3. The zero-order chi connectivity index (χ0) is 19.2. The zero-order valence-corrected chi connectivity index (χ0v) is 16.0. The average molecular weight is 365 g/mol. The Kier molecular flexibility index (Phi) is 6.28. The van der Waals surface area contributed by atoms with E-state index in [1.54, 1.807) is 6.08 Å². The van der Waals surface area contributed by atoms with Crippen molar-refractivity contribution in [3.05, 3.63) is 54.1 Å². The van der Waals surface area contributed by atoms with Crippen molar-refractivity contribution in [2.24, 2.45) is 5.92 Å². The van der Waals surface area contributed by atoms with Crippen molar-refractivity contribution in [3.63, 3.8) is 0 Å². The molecule has 142 valence electrons. The predicted octanol–water partition coefficient (Wildman–Crippen LogP) is 4.48. The SMILES string of the molecule is CCOC(=O)[C@@H]1CCCC[C@@H]1NC(=O)/C=C(/C)c1ccc2ccccc2c1. The third-order valence-electron chi connectivity index (χ3n) is 5.24. The molecule has 1 saturated carbocycles. The number of benzene rings is 2. The highest BCUT2D eigenvalue weighted by molar-refractivity contribution is 5.96. The molecule has 27 heavy (non-hydrogen) atoms. The lowest BCUT2D eigenvalue weighted by Gasteiger charge is -2.30. The first-order valence-electron chi connectivity index (χ1n) is 9.73. The third kappa shape index (κ3) is 4.76. The molecule has 0 aliphatic heterocycles. The maximum Gasteiger partial charge on any atom is 0.311 e. The number of esters is 1. The standard InChI is InChI=1S/C23H27NO3/c1-3-27-23(26)20-10-6-7-11-21(20)24-22(25)14-16(2)18-13-12-17-8-4-5-9-19(17)15-18/h4-5,8-9,12-15,20-21H,3,6-7,10-11H2,1-2H3,(H,24,25)/b16-14-/t20-,21+/m1/s1. The minimum absolute atomic E-state index is 0.147. The van der Waals surface area contributed by atoms with Gasteiger partial charge >= 0.3 is 5.97 Å². The van der Waals surface area contributed by atoms with Crippen LogP contribution in [0.4, 0.5) is 0 Å². The molecule has 1 N–H and O–H groups in total. The van der Waals surface area contributed by atoms with Crippen molar-refractivity contribution in [2.75, 3.05) is 6.61 Å². The number of nitrogens with one attached hydrogen (secondary N) is 1. The van der Waals surface area contributed by atoms with Crippen LogP contribution in [0.3, 0.4) is 0 Å². The van der Waals surface area contributed by atoms with E-state index in [1.807, 2.05) is 32.0 Å². The molecule has 1 fully saturated rings. The number of fused-ring (bicyclic) bond motifs is 1. The minimum Gasteiger partial charge on any atom is -0.466 e. The monoisotopic (exact) mass is 365 g/mol. The second kappa shape index (κ2) is 8.85. The Bertz CT molecular complexity index is 856. The zero-order valence-electron chi connectivity index (χ0n) is 16.0. The fourth-order valence-electron chi connectivity index (χ4n) is 3.77. The fourth-order valence-corrected chi connectivity index (χ4v) is 3.77. The van der Waals surface area contributed by atoms with Gasteiger partial charge in [0.05, 0.1) is 12.5 Å². The van der Waals surface area contributed by atoms with Gasteiger partial charge in [-0.2, -0.15) is 0 Å². The number of allylic oxidation sites excluding steroid dienone is 1. The van der Waals surface area contributed by atoms with Gasteiger partial charge in [0.25, 0.3) is 0 Å². The van der Waals surface area contributed by atoms with Gasteiger partial charge in [-0.25, -0.2) is 0 Å². The lowest BCUT2D eigenvalue weighted by Crippen LogP contribution is -2.45. The van der Waals surface area contributed by atoms with Gasteiger partial charge in [-0.1, -0.05) is 49.2 Å². The van der Waals surface area contributed by atoms with Crippen LogP contribution in [0.2, 0.25) is 0 Å². The second-order valence-corrected chi connectivity index (χ2v) is 7.15. The topological polar surface area (TPSA) is 55.4 Å². The molecule has 4 heteroatoms. The van der Waals surface area contributed by atoms with Crippen molar-refractivity contribution in [3.8, 4) is 0 Å². The molecule has 2 aromatic rings. The van der Waals surface area contributed by atoms with Crippen LogP contribution in [-0.2, 0) is 14.3 Å². The first-order valence-corrected chi connectivity index (χ1v) is 9.73. The van der Waals surface area contributed by atoms with E-state index in [4.69, 9.17) is 4.74 Å². The van der Waals surface area contributed by atoms with Crippen LogP contribution in [0.1, 0.15) is 45.1 Å². The molecule has 2 aromatic carbocycles. The van der Waals surface area contributed by atoms with Gasteiger partial charge in [-0.3, -0.25) is 9.59 Å². The summed E-state index contributed by atoms with van der Waals surface area (Å²) in [5, 5.41) is 5.36. The van der Waals surface area contributed by atoms with Crippen LogP contribution >= 0.6 is 0 Å². The van der Waals surface area contributed by atoms with Gasteiger partial charge < -0.3 is 10.1 Å². The highest BCUT2D eigenvalue weighted by Crippen LogP contribution is 2.26. The summed E-state index contributed by atoms with van der Waals surface area (Å²) in [4.78, 5) is 24.7. The van der Waals surface area contributed by atoms with E-state index in [0.29, 0.717) is 6.61 Å². The van der Waals surface area contributed by atoms with E-state index >= 15 is 0 Å². The summed E-state index contributed by atoms with van der Waals surface area (Å²) >= 11 is 0. The van der Waals surface area contributed by atoms with Gasteiger partial charge in [0.1, 0.15) is 0 Å². The van der Waals surface area contributed by atoms with Crippen LogP contribution in [0.15, 0.2) is 48.5 Å². The maximum absolute atomic E-state index is 12.5. The summed E-state index contributed by atoms with van der Waals surface area (Å²) in [6, 6.07) is 14.2. The van der Waals surface area contributed by atoms with E-state index in [-0.39, 0.29) is 23.8 Å². The largest absolute Gasteiger partial charge is 0.466 e. The van der Waals surface area contributed by atoms with Gasteiger partial charge in [0.2, 0.25) is 5.91 Å². The highest BCUT2D eigenvalue weighted by atomic mass is 16.5. The molecular weight excluding hydrogens is 338 g/mol. The van der Waals surface area contributed by atoms with Crippen molar-refractivity contribution in [2.45, 2.75) is 45.6 Å². The first kappa shape index (κ1) is 19.2. The van der Waals surface area contributed by atoms with Crippen LogP contribution in [0.5, 0.6) is 0 Å². The van der Waals surface area contributed by atoms with Gasteiger partial charge in [0, 0.05) is 12.1 Å². The quantitative estimate of drug-likeness (QED) is 0.628. The summed E-state index contributed by atoms with van der Waals surface area (Å²) in [5.74, 6) is -0.586. The van der Waals surface area contributed by atoms with Gasteiger partial charge in [-0.15, -0.1) is 0 Å². The lowest BCUT2D eigenvalue weighted by atomic mass is 9.84. The molecule has 0 aromatic heterocycles. The number of hydrogen-bond donors (Lipinski definition) is 1. The maximum atomic E-state index is 12.5. The Morgan fingerprint density at radius 2 is 1.85 bits per heavy atom. The third-order valence-corrected chi connectivity index (χ3v) is 5.24. The number of hydrogen-bond acceptors (Lipinski definition) is 3. The summed E-state index contributed by atoms with van der Waals surface area (Å²) in [6.07, 6.45) is 5.24. The Morgan fingerprint density at radius 3 is 2.63 bits per heavy atom. The summed E-state index contributed by atoms with van der Waals surface area (Å²) in [5.41, 5.74) is 1.93. The van der Waals surface area contributed by atoms with Crippen molar-refractivity contribution in [1.82, 2.24) is 5.32 Å². The number of rotatable bonds is 5. The molecule has 1 aliphatic rings. The Hall–Kier alpha value is -2.62. The van der Waals surface area contributed by atoms with E-state index in [1.165, 1.54) is 5.39 Å². The Balaban J connectivity index is 1.71. The molecule has 3 rings (SSSR count). The molecule has 4 nitrogen and oxygen atoms in total. The minimum atomic E-state index is -0.239. The summed E-state index contributed by atoms with van der Waals surface area (Å²) in [6.45, 7) is 4.12.